The third kappa shape index (κ3) is 2.32. The topological polar surface area (TPSA) is 49.4 Å². The number of amides is 2. The molecule has 0 spiro atoms. The third-order valence-electron chi connectivity index (χ3n) is 3.72. The predicted octanol–water partition coefficient (Wildman–Crippen LogP) is 2.32. The Morgan fingerprint density at radius 2 is 2.11 bits per heavy atom. The van der Waals surface area contributed by atoms with Gasteiger partial charge < -0.3 is 5.32 Å². The summed E-state index contributed by atoms with van der Waals surface area (Å²) in [4.78, 5) is 24.8. The minimum absolute atomic E-state index is 0.173. The van der Waals surface area contributed by atoms with E-state index in [1.807, 2.05) is 6.07 Å². The molecule has 1 aliphatic carbocycles. The van der Waals surface area contributed by atoms with E-state index in [1.54, 1.807) is 6.07 Å². The molecule has 1 aromatic rings. The number of likely N-dealkylation sites (N-methyl/N-ethyl adjacent to an activating group) is 1. The molecule has 1 heterocycles. The number of halogens is 1. The zero-order chi connectivity index (χ0) is 13.6. The van der Waals surface area contributed by atoms with Gasteiger partial charge in [0, 0.05) is 19.2 Å². The fourth-order valence-corrected chi connectivity index (χ4v) is 2.48. The molecule has 1 N–H and O–H groups in total. The monoisotopic (exact) mass is 278 g/mol. The zero-order valence-corrected chi connectivity index (χ0v) is 11.5. The van der Waals surface area contributed by atoms with Crippen molar-refractivity contribution in [3.63, 3.8) is 0 Å². The predicted molar refractivity (Wildman–Crippen MR) is 73.5 cm³/mol. The van der Waals surface area contributed by atoms with Gasteiger partial charge in [-0.2, -0.15) is 0 Å². The maximum absolute atomic E-state index is 12.0. The molecule has 0 aromatic heterocycles. The summed E-state index contributed by atoms with van der Waals surface area (Å²) in [6.07, 6.45) is 2.78. The maximum Gasteiger partial charge on any atom is 0.260 e. The summed E-state index contributed by atoms with van der Waals surface area (Å²) in [7, 11) is 1.50. The first-order valence-electron chi connectivity index (χ1n) is 6.43. The van der Waals surface area contributed by atoms with Gasteiger partial charge in [-0.25, -0.2) is 0 Å². The van der Waals surface area contributed by atoms with Crippen molar-refractivity contribution in [1.82, 2.24) is 4.90 Å². The first-order chi connectivity index (χ1) is 9.06. The van der Waals surface area contributed by atoms with Crippen LogP contribution in [0.5, 0.6) is 0 Å². The van der Waals surface area contributed by atoms with Crippen LogP contribution in [0.1, 0.15) is 28.8 Å². The van der Waals surface area contributed by atoms with Crippen LogP contribution in [0.25, 0.3) is 0 Å². The molecule has 5 heteroatoms. The lowest BCUT2D eigenvalue weighted by atomic mass is 9.98. The largest absolute Gasteiger partial charge is 0.384 e. The molecule has 100 valence electrons. The molecule has 1 aliphatic heterocycles. The summed E-state index contributed by atoms with van der Waals surface area (Å²) in [5.41, 5.74) is 2.11. The summed E-state index contributed by atoms with van der Waals surface area (Å²) in [6.45, 7) is 0.903. The van der Waals surface area contributed by atoms with Crippen molar-refractivity contribution < 1.29 is 9.59 Å². The van der Waals surface area contributed by atoms with Crippen LogP contribution in [0.3, 0.4) is 0 Å². The summed E-state index contributed by atoms with van der Waals surface area (Å²) < 4.78 is 0. The van der Waals surface area contributed by atoms with E-state index in [1.165, 1.54) is 19.9 Å². The van der Waals surface area contributed by atoms with E-state index >= 15 is 0 Å². The lowest BCUT2D eigenvalue weighted by Crippen LogP contribution is -2.39. The van der Waals surface area contributed by atoms with Crippen molar-refractivity contribution >= 4 is 29.1 Å². The second-order valence-electron chi connectivity index (χ2n) is 5.25. The number of nitrogens with zero attached hydrogens (tertiary/aromatic N) is 1. The Balaban J connectivity index is 1.91. The molecule has 1 fully saturated rings. The van der Waals surface area contributed by atoms with Gasteiger partial charge in [0.25, 0.3) is 5.91 Å². The number of nitrogens with one attached hydrogen (secondary N) is 1. The molecule has 1 aromatic carbocycles. The highest BCUT2D eigenvalue weighted by Crippen LogP contribution is 2.33. The Hall–Kier alpha value is -1.55. The molecule has 0 atom stereocenters. The van der Waals surface area contributed by atoms with Crippen molar-refractivity contribution in [2.75, 3.05) is 18.9 Å². The Bertz CT molecular complexity index is 567. The number of hydrogen-bond acceptors (Lipinski definition) is 3. The van der Waals surface area contributed by atoms with Gasteiger partial charge in [-0.05, 0) is 36.5 Å². The van der Waals surface area contributed by atoms with Crippen LogP contribution in [-0.4, -0.2) is 30.3 Å². The Labute approximate surface area is 116 Å². The molecule has 1 saturated carbocycles. The van der Waals surface area contributed by atoms with Gasteiger partial charge in [-0.15, -0.1) is 0 Å². The number of rotatable bonds is 3. The third-order valence-corrected chi connectivity index (χ3v) is 4.03. The van der Waals surface area contributed by atoms with Crippen molar-refractivity contribution in [2.45, 2.75) is 19.3 Å². The second kappa shape index (κ2) is 4.53. The van der Waals surface area contributed by atoms with Crippen molar-refractivity contribution in [2.24, 2.45) is 5.92 Å². The van der Waals surface area contributed by atoms with Crippen LogP contribution in [0.2, 0.25) is 5.02 Å². The molecule has 0 radical (unpaired) electrons. The van der Waals surface area contributed by atoms with Gasteiger partial charge in [0.2, 0.25) is 5.91 Å². The first-order valence-corrected chi connectivity index (χ1v) is 6.81. The van der Waals surface area contributed by atoms with Crippen LogP contribution in [0.15, 0.2) is 12.1 Å². The molecule has 2 amide bonds. The standard InChI is InChI=1S/C14H15ClN2O2/c1-17-13(18)5-9-4-12(16-7-8-2-3-8)11(15)6-10(9)14(17)19/h4,6,8,16H,2-3,5,7H2,1H3. The van der Waals surface area contributed by atoms with Crippen molar-refractivity contribution in [3.8, 4) is 0 Å². The number of benzene rings is 1. The van der Waals surface area contributed by atoms with Gasteiger partial charge >= 0.3 is 0 Å². The van der Waals surface area contributed by atoms with E-state index in [-0.39, 0.29) is 18.2 Å². The van der Waals surface area contributed by atoms with Gasteiger partial charge in [-0.3, -0.25) is 14.5 Å². The lowest BCUT2D eigenvalue weighted by molar-refractivity contribution is -0.127. The fourth-order valence-electron chi connectivity index (χ4n) is 2.25. The average Bonchev–Trinajstić information content (AvgIpc) is 3.19. The number of fused-ring (bicyclic) bond motifs is 1. The molecular weight excluding hydrogens is 264 g/mol. The van der Waals surface area contributed by atoms with Crippen LogP contribution < -0.4 is 5.32 Å². The van der Waals surface area contributed by atoms with E-state index < -0.39 is 0 Å². The number of carbonyl (C=O) groups excluding carboxylic acids is 2. The second-order valence-corrected chi connectivity index (χ2v) is 5.66. The summed E-state index contributed by atoms with van der Waals surface area (Å²) in [6, 6.07) is 3.50. The molecule has 0 bridgehead atoms. The summed E-state index contributed by atoms with van der Waals surface area (Å²) >= 11 is 6.20. The van der Waals surface area contributed by atoms with Crippen molar-refractivity contribution in [3.05, 3.63) is 28.3 Å². The number of imide groups is 1. The number of carbonyl (C=O) groups is 2. The number of anilines is 1. The molecule has 4 nitrogen and oxygen atoms in total. The first kappa shape index (κ1) is 12.5. The van der Waals surface area contributed by atoms with E-state index in [9.17, 15) is 9.59 Å². The van der Waals surface area contributed by atoms with Gasteiger partial charge in [0.15, 0.2) is 0 Å². The highest BCUT2D eigenvalue weighted by Gasteiger charge is 2.29. The molecule has 3 rings (SSSR count). The average molecular weight is 279 g/mol. The van der Waals surface area contributed by atoms with Crippen LogP contribution in [-0.2, 0) is 11.2 Å². The van der Waals surface area contributed by atoms with Gasteiger partial charge in [-0.1, -0.05) is 11.6 Å². The molecule has 0 unspecified atom stereocenters. The normalized spacial score (nSPS) is 18.5. The van der Waals surface area contributed by atoms with E-state index in [2.05, 4.69) is 5.32 Å². The molecule has 0 saturated heterocycles. The highest BCUT2D eigenvalue weighted by atomic mass is 35.5. The molecule has 2 aliphatic rings. The number of hydrogen-bond donors (Lipinski definition) is 1. The Kier molecular flexibility index (Phi) is 2.97. The van der Waals surface area contributed by atoms with E-state index in [0.717, 1.165) is 28.6 Å². The van der Waals surface area contributed by atoms with E-state index in [0.29, 0.717) is 10.6 Å². The van der Waals surface area contributed by atoms with Crippen LogP contribution in [0, 0.1) is 5.92 Å². The van der Waals surface area contributed by atoms with Crippen LogP contribution >= 0.6 is 11.6 Å². The van der Waals surface area contributed by atoms with E-state index in [4.69, 9.17) is 11.6 Å². The quantitative estimate of drug-likeness (QED) is 0.863. The van der Waals surface area contributed by atoms with Gasteiger partial charge in [0.05, 0.1) is 17.1 Å². The summed E-state index contributed by atoms with van der Waals surface area (Å²) in [5, 5.41) is 3.84. The minimum atomic E-state index is -0.276. The summed E-state index contributed by atoms with van der Waals surface area (Å²) in [5.74, 6) is 0.288. The highest BCUT2D eigenvalue weighted by molar-refractivity contribution is 6.33. The Morgan fingerprint density at radius 1 is 1.37 bits per heavy atom. The smallest absolute Gasteiger partial charge is 0.260 e. The minimum Gasteiger partial charge on any atom is -0.384 e. The molecule has 19 heavy (non-hydrogen) atoms. The van der Waals surface area contributed by atoms with Crippen molar-refractivity contribution in [1.29, 1.82) is 0 Å². The van der Waals surface area contributed by atoms with Crippen LogP contribution in [0.4, 0.5) is 5.69 Å². The fraction of sp³-hybridized carbons (Fsp3) is 0.429. The zero-order valence-electron chi connectivity index (χ0n) is 10.7. The Morgan fingerprint density at radius 3 is 2.79 bits per heavy atom. The van der Waals surface area contributed by atoms with Gasteiger partial charge in [0.1, 0.15) is 0 Å². The SMILES string of the molecule is CN1C(=O)Cc2cc(NCC3CC3)c(Cl)cc2C1=O. The lowest BCUT2D eigenvalue weighted by Gasteiger charge is -2.24. The molecular formula is C14H15ClN2O2. The maximum atomic E-state index is 12.0.